The van der Waals surface area contributed by atoms with Crippen LogP contribution >= 0.6 is 0 Å². The van der Waals surface area contributed by atoms with Gasteiger partial charge in [0.2, 0.25) is 0 Å². The van der Waals surface area contributed by atoms with Gasteiger partial charge in [-0.25, -0.2) is 8.42 Å². The van der Waals surface area contributed by atoms with Crippen molar-refractivity contribution >= 4 is 11.0 Å². The van der Waals surface area contributed by atoms with Gasteiger partial charge in [-0.05, 0) is 12.8 Å². The van der Waals surface area contributed by atoms with E-state index in [1.165, 1.54) is 70.8 Å². The average Bonchev–Trinajstić information content (AvgIpc) is 2.45. The Morgan fingerprint density at radius 3 is 1.68 bits per heavy atom. The molecule has 0 amide bonds. The minimum atomic E-state index is -2.68. The summed E-state index contributed by atoms with van der Waals surface area (Å²) in [6.07, 6.45) is 14.5. The van der Waals surface area contributed by atoms with Crippen LogP contribution in [0.2, 0.25) is 0 Å². The molecule has 0 aliphatic rings. The smallest absolute Gasteiger partial charge is 0.257 e. The first-order valence-electron chi connectivity index (χ1n) is 9.07. The lowest BCUT2D eigenvalue weighted by molar-refractivity contribution is -0.890. The number of unbranched alkanes of at least 4 members (excludes halogenated alkanes) is 9. The lowest BCUT2D eigenvalue weighted by Gasteiger charge is -2.29. The van der Waals surface area contributed by atoms with Crippen LogP contribution < -0.4 is 0 Å². The van der Waals surface area contributed by atoms with Gasteiger partial charge in [-0.2, -0.15) is 0 Å². The molecule has 0 unspecified atom stereocenters. The van der Waals surface area contributed by atoms with E-state index in [0.717, 1.165) is 17.4 Å². The molecule has 0 atom stereocenters. The zero-order valence-corrected chi connectivity index (χ0v) is 15.9. The number of nitrogens with zero attached hydrogens (tertiary/aromatic N) is 1. The molecular formula is C17H38NO3S+. The Morgan fingerprint density at radius 2 is 1.18 bits per heavy atom. The third-order valence-corrected chi connectivity index (χ3v) is 4.61. The SMILES string of the molecule is CCCCCCCCCCCC[N+](C)(C)CCCO[SH](=O)=O. The van der Waals surface area contributed by atoms with Crippen LogP contribution in [0.1, 0.15) is 77.6 Å². The van der Waals surface area contributed by atoms with Crippen molar-refractivity contribution in [3.8, 4) is 0 Å². The molecule has 0 rings (SSSR count). The zero-order chi connectivity index (χ0) is 16.7. The highest BCUT2D eigenvalue weighted by atomic mass is 32.2. The molecule has 0 N–H and O–H groups in total. The third-order valence-electron chi connectivity index (χ3n) is 4.22. The first-order chi connectivity index (χ1) is 10.5. The Morgan fingerprint density at radius 1 is 0.727 bits per heavy atom. The Kier molecular flexibility index (Phi) is 14.4. The van der Waals surface area contributed by atoms with E-state index in [0.29, 0.717) is 6.61 Å². The molecule has 0 saturated carbocycles. The summed E-state index contributed by atoms with van der Waals surface area (Å²) in [5.41, 5.74) is 0. The molecule has 0 aliphatic heterocycles. The highest BCUT2D eigenvalue weighted by Gasteiger charge is 2.13. The predicted molar refractivity (Wildman–Crippen MR) is 94.6 cm³/mol. The summed E-state index contributed by atoms with van der Waals surface area (Å²) in [6, 6.07) is 0. The minimum absolute atomic E-state index is 0.318. The van der Waals surface area contributed by atoms with E-state index in [4.69, 9.17) is 0 Å². The topological polar surface area (TPSA) is 43.4 Å². The molecule has 22 heavy (non-hydrogen) atoms. The molecular weight excluding hydrogens is 298 g/mol. The van der Waals surface area contributed by atoms with E-state index in [1.807, 2.05) is 0 Å². The molecule has 0 aromatic rings. The van der Waals surface area contributed by atoms with Crippen LogP contribution in [0.4, 0.5) is 0 Å². The van der Waals surface area contributed by atoms with E-state index in [9.17, 15) is 8.42 Å². The van der Waals surface area contributed by atoms with Crippen LogP contribution in [0.25, 0.3) is 0 Å². The van der Waals surface area contributed by atoms with E-state index in [1.54, 1.807) is 0 Å². The number of quaternary nitrogens is 1. The molecule has 0 aromatic heterocycles. The van der Waals surface area contributed by atoms with Crippen molar-refractivity contribution in [2.75, 3.05) is 33.8 Å². The molecule has 0 saturated heterocycles. The fourth-order valence-corrected chi connectivity index (χ4v) is 3.05. The van der Waals surface area contributed by atoms with Crippen molar-refractivity contribution in [1.29, 1.82) is 0 Å². The fourth-order valence-electron chi connectivity index (χ4n) is 2.77. The van der Waals surface area contributed by atoms with Gasteiger partial charge in [0.25, 0.3) is 11.0 Å². The van der Waals surface area contributed by atoms with Crippen molar-refractivity contribution < 1.29 is 17.1 Å². The maximum atomic E-state index is 10.3. The van der Waals surface area contributed by atoms with E-state index in [-0.39, 0.29) is 0 Å². The molecule has 0 bridgehead atoms. The highest BCUT2D eigenvalue weighted by Crippen LogP contribution is 2.11. The van der Waals surface area contributed by atoms with Crippen molar-refractivity contribution in [2.24, 2.45) is 0 Å². The lowest BCUT2D eigenvalue weighted by atomic mass is 10.1. The van der Waals surface area contributed by atoms with Crippen molar-refractivity contribution in [3.05, 3.63) is 0 Å². The van der Waals surface area contributed by atoms with Crippen LogP contribution in [-0.4, -0.2) is 46.7 Å². The number of rotatable bonds is 16. The standard InChI is InChI=1S/C17H38NO3S/c1-4-5-6-7-8-9-10-11-12-13-15-18(2,3)16-14-17-21-22(19)20/h22H,4-17H2,1-3H3/q+1. The third kappa shape index (κ3) is 16.2. The second-order valence-corrected chi connectivity index (χ2v) is 7.68. The molecule has 4 nitrogen and oxygen atoms in total. The van der Waals surface area contributed by atoms with Gasteiger partial charge in [0.1, 0.15) is 0 Å². The monoisotopic (exact) mass is 336 g/mol. The molecule has 0 radical (unpaired) electrons. The molecule has 0 spiro atoms. The normalized spacial score (nSPS) is 12.2. The first-order valence-corrected chi connectivity index (χ1v) is 10.2. The molecule has 0 fully saturated rings. The maximum Gasteiger partial charge on any atom is 0.257 e. The fraction of sp³-hybridized carbons (Fsp3) is 1.00. The number of hydrogen-bond acceptors (Lipinski definition) is 3. The second kappa shape index (κ2) is 14.5. The lowest BCUT2D eigenvalue weighted by Crippen LogP contribution is -2.41. The average molecular weight is 337 g/mol. The van der Waals surface area contributed by atoms with Gasteiger partial charge in [-0.3, -0.25) is 4.18 Å². The number of hydrogen-bond donors (Lipinski definition) is 1. The van der Waals surface area contributed by atoms with Crippen molar-refractivity contribution in [2.45, 2.75) is 77.6 Å². The summed E-state index contributed by atoms with van der Waals surface area (Å²) in [4.78, 5) is 0. The van der Waals surface area contributed by atoms with Gasteiger partial charge in [-0.1, -0.05) is 58.3 Å². The summed E-state index contributed by atoms with van der Waals surface area (Å²) in [6.45, 7) is 4.72. The van der Waals surface area contributed by atoms with Crippen LogP contribution in [0.15, 0.2) is 0 Å². The second-order valence-electron chi connectivity index (χ2n) is 6.98. The molecule has 134 valence electrons. The van der Waals surface area contributed by atoms with Crippen LogP contribution in [-0.2, 0) is 15.2 Å². The van der Waals surface area contributed by atoms with Gasteiger partial charge in [0.15, 0.2) is 0 Å². The Hall–Kier alpha value is -0.130. The van der Waals surface area contributed by atoms with Gasteiger partial charge in [0, 0.05) is 6.42 Å². The maximum absolute atomic E-state index is 10.3. The molecule has 0 aromatic carbocycles. The van der Waals surface area contributed by atoms with Crippen LogP contribution in [0.3, 0.4) is 0 Å². The van der Waals surface area contributed by atoms with E-state index in [2.05, 4.69) is 25.2 Å². The van der Waals surface area contributed by atoms with E-state index >= 15 is 0 Å². The van der Waals surface area contributed by atoms with Crippen LogP contribution in [0.5, 0.6) is 0 Å². The van der Waals surface area contributed by atoms with Crippen molar-refractivity contribution in [3.63, 3.8) is 0 Å². The molecule has 0 heterocycles. The Labute approximate surface area is 140 Å². The van der Waals surface area contributed by atoms with Gasteiger partial charge < -0.3 is 4.48 Å². The minimum Gasteiger partial charge on any atom is -0.328 e. The summed E-state index contributed by atoms with van der Waals surface area (Å²) >= 11 is 0. The first kappa shape index (κ1) is 21.9. The number of thiol groups is 1. The Balaban J connectivity index is 3.37. The van der Waals surface area contributed by atoms with Gasteiger partial charge >= 0.3 is 0 Å². The Bertz CT molecular complexity index is 309. The zero-order valence-electron chi connectivity index (χ0n) is 15.0. The van der Waals surface area contributed by atoms with E-state index < -0.39 is 11.0 Å². The summed E-state index contributed by atoms with van der Waals surface area (Å²) in [5, 5.41) is 0. The van der Waals surface area contributed by atoms with Gasteiger partial charge in [0.05, 0.1) is 33.8 Å². The highest BCUT2D eigenvalue weighted by molar-refractivity contribution is 7.67. The summed E-state index contributed by atoms with van der Waals surface area (Å²) < 4.78 is 26.1. The largest absolute Gasteiger partial charge is 0.328 e. The summed E-state index contributed by atoms with van der Waals surface area (Å²) in [7, 11) is 1.75. The van der Waals surface area contributed by atoms with Gasteiger partial charge in [-0.15, -0.1) is 0 Å². The predicted octanol–water partition coefficient (Wildman–Crippen LogP) is 3.92. The van der Waals surface area contributed by atoms with Crippen LogP contribution in [0, 0.1) is 0 Å². The summed E-state index contributed by atoms with van der Waals surface area (Å²) in [5.74, 6) is 0. The molecule has 5 heteroatoms. The molecule has 0 aliphatic carbocycles. The van der Waals surface area contributed by atoms with Crippen molar-refractivity contribution in [1.82, 2.24) is 0 Å². The quantitative estimate of drug-likeness (QED) is 0.264.